The molecule has 16 heavy (non-hydrogen) atoms. The summed E-state index contributed by atoms with van der Waals surface area (Å²) in [5, 5.41) is 5.27. The van der Waals surface area contributed by atoms with Crippen molar-refractivity contribution in [1.82, 2.24) is 9.88 Å². The first kappa shape index (κ1) is 11.5. The maximum Gasteiger partial charge on any atom is 0.0497 e. The average Bonchev–Trinajstić information content (AvgIpc) is 2.63. The number of nitrogens with zero attached hydrogens (tertiary/aromatic N) is 1. The molecule has 2 rings (SSSR count). The van der Waals surface area contributed by atoms with Crippen LogP contribution in [0.1, 0.15) is 12.6 Å². The molecule has 0 saturated carbocycles. The van der Waals surface area contributed by atoms with Gasteiger partial charge in [0.1, 0.15) is 0 Å². The minimum Gasteiger partial charge on any atom is -0.345 e. The minimum atomic E-state index is 0.806. The van der Waals surface area contributed by atoms with Crippen LogP contribution in [0.4, 0.5) is 0 Å². The Morgan fingerprint density at radius 3 is 2.81 bits per heavy atom. The second-order valence-electron chi connectivity index (χ2n) is 3.94. The Kier molecular flexibility index (Phi) is 3.52. The van der Waals surface area contributed by atoms with E-state index in [4.69, 9.17) is 11.6 Å². The smallest absolute Gasteiger partial charge is 0.0497 e. The van der Waals surface area contributed by atoms with Crippen LogP contribution in [-0.2, 0) is 13.0 Å². The number of hydrogen-bond acceptors (Lipinski definition) is 1. The Morgan fingerprint density at radius 1 is 1.31 bits per heavy atom. The second-order valence-corrected chi connectivity index (χ2v) is 4.37. The van der Waals surface area contributed by atoms with Crippen LogP contribution >= 0.6 is 11.6 Å². The Hall–Kier alpha value is -0.990. The molecular formula is C13H17ClN2. The number of fused-ring (bicyclic) bond motifs is 1. The summed E-state index contributed by atoms with van der Waals surface area (Å²) in [4.78, 5) is 0. The highest BCUT2D eigenvalue weighted by atomic mass is 35.5. The van der Waals surface area contributed by atoms with Crippen LogP contribution < -0.4 is 5.32 Å². The first-order valence-electron chi connectivity index (χ1n) is 5.68. The fourth-order valence-corrected chi connectivity index (χ4v) is 2.28. The highest BCUT2D eigenvalue weighted by Gasteiger charge is 2.07. The number of hydrogen-bond donors (Lipinski definition) is 1. The zero-order valence-corrected chi connectivity index (χ0v) is 10.5. The van der Waals surface area contributed by atoms with E-state index in [1.807, 2.05) is 19.2 Å². The standard InChI is InChI=1S/C13H17ClN2/c1-3-16-12(6-7-15-2)8-10-4-5-11(14)9-13(10)16/h4-5,8-9,15H,3,6-7H2,1-2H3. The molecule has 0 amide bonds. The van der Waals surface area contributed by atoms with Gasteiger partial charge in [-0.15, -0.1) is 0 Å². The third-order valence-electron chi connectivity index (χ3n) is 2.90. The van der Waals surface area contributed by atoms with Gasteiger partial charge >= 0.3 is 0 Å². The highest BCUT2D eigenvalue weighted by molar-refractivity contribution is 6.31. The van der Waals surface area contributed by atoms with E-state index in [0.29, 0.717) is 0 Å². The molecule has 0 radical (unpaired) electrons. The van der Waals surface area contributed by atoms with Gasteiger partial charge < -0.3 is 9.88 Å². The first-order chi connectivity index (χ1) is 7.76. The highest BCUT2D eigenvalue weighted by Crippen LogP contribution is 2.23. The van der Waals surface area contributed by atoms with Crippen LogP contribution in [0.5, 0.6) is 0 Å². The maximum absolute atomic E-state index is 6.04. The Labute approximate surface area is 101 Å². The molecule has 0 aliphatic carbocycles. The summed E-state index contributed by atoms with van der Waals surface area (Å²) in [6.45, 7) is 4.16. The third kappa shape index (κ3) is 2.08. The van der Waals surface area contributed by atoms with Crippen molar-refractivity contribution in [2.45, 2.75) is 19.9 Å². The van der Waals surface area contributed by atoms with Gasteiger partial charge in [0, 0.05) is 35.7 Å². The van der Waals surface area contributed by atoms with Crippen LogP contribution in [0.15, 0.2) is 24.3 Å². The molecular weight excluding hydrogens is 220 g/mol. The molecule has 0 unspecified atom stereocenters. The number of aryl methyl sites for hydroxylation is 1. The molecule has 1 aromatic carbocycles. The summed E-state index contributed by atoms with van der Waals surface area (Å²) in [6.07, 6.45) is 1.05. The number of benzene rings is 1. The van der Waals surface area contributed by atoms with Gasteiger partial charge in [-0.25, -0.2) is 0 Å². The van der Waals surface area contributed by atoms with Gasteiger partial charge in [0.05, 0.1) is 0 Å². The lowest BCUT2D eigenvalue weighted by Gasteiger charge is -2.07. The monoisotopic (exact) mass is 236 g/mol. The van der Waals surface area contributed by atoms with Crippen LogP contribution in [-0.4, -0.2) is 18.2 Å². The van der Waals surface area contributed by atoms with E-state index in [0.717, 1.165) is 24.5 Å². The largest absolute Gasteiger partial charge is 0.345 e. The zero-order chi connectivity index (χ0) is 11.5. The molecule has 1 aromatic heterocycles. The lowest BCUT2D eigenvalue weighted by molar-refractivity contribution is 0.700. The first-order valence-corrected chi connectivity index (χ1v) is 6.06. The van der Waals surface area contributed by atoms with E-state index in [2.05, 4.69) is 28.9 Å². The SMILES string of the molecule is CCn1c(CCNC)cc2ccc(Cl)cc21. The number of rotatable bonds is 4. The van der Waals surface area contributed by atoms with Crippen LogP contribution in [0.25, 0.3) is 10.9 Å². The minimum absolute atomic E-state index is 0.806. The number of likely N-dealkylation sites (N-methyl/N-ethyl adjacent to an activating group) is 1. The number of aromatic nitrogens is 1. The Balaban J connectivity index is 2.49. The third-order valence-corrected chi connectivity index (χ3v) is 3.13. The summed E-state index contributed by atoms with van der Waals surface area (Å²) in [5.41, 5.74) is 2.61. The quantitative estimate of drug-likeness (QED) is 0.864. The summed E-state index contributed by atoms with van der Waals surface area (Å²) in [6, 6.07) is 8.34. The molecule has 0 fully saturated rings. The maximum atomic E-state index is 6.04. The van der Waals surface area contributed by atoms with Gasteiger partial charge in [0.25, 0.3) is 0 Å². The van der Waals surface area contributed by atoms with Crippen molar-refractivity contribution in [3.8, 4) is 0 Å². The topological polar surface area (TPSA) is 17.0 Å². The van der Waals surface area contributed by atoms with Gasteiger partial charge in [-0.05, 0) is 37.6 Å². The van der Waals surface area contributed by atoms with Gasteiger partial charge in [-0.3, -0.25) is 0 Å². The van der Waals surface area contributed by atoms with Crippen molar-refractivity contribution < 1.29 is 0 Å². The lowest BCUT2D eigenvalue weighted by Crippen LogP contribution is -2.12. The lowest BCUT2D eigenvalue weighted by atomic mass is 10.2. The Bertz CT molecular complexity index is 488. The molecule has 0 bridgehead atoms. The zero-order valence-electron chi connectivity index (χ0n) is 9.76. The molecule has 0 aliphatic rings. The summed E-state index contributed by atoms with van der Waals surface area (Å²) < 4.78 is 2.33. The van der Waals surface area contributed by atoms with Crippen molar-refractivity contribution in [3.05, 3.63) is 35.0 Å². The Morgan fingerprint density at radius 2 is 2.12 bits per heavy atom. The average molecular weight is 237 g/mol. The fraction of sp³-hybridized carbons (Fsp3) is 0.385. The van der Waals surface area contributed by atoms with Gasteiger partial charge in [-0.2, -0.15) is 0 Å². The molecule has 0 atom stereocenters. The molecule has 0 saturated heterocycles. The van der Waals surface area contributed by atoms with E-state index < -0.39 is 0 Å². The van der Waals surface area contributed by atoms with Crippen LogP contribution in [0.2, 0.25) is 5.02 Å². The van der Waals surface area contributed by atoms with Crippen LogP contribution in [0.3, 0.4) is 0 Å². The van der Waals surface area contributed by atoms with Crippen molar-refractivity contribution in [2.24, 2.45) is 0 Å². The molecule has 1 N–H and O–H groups in total. The fourth-order valence-electron chi connectivity index (χ4n) is 2.12. The van der Waals surface area contributed by atoms with Gasteiger partial charge in [0.2, 0.25) is 0 Å². The second kappa shape index (κ2) is 4.89. The van der Waals surface area contributed by atoms with Gasteiger partial charge in [0.15, 0.2) is 0 Å². The molecule has 3 heteroatoms. The normalized spacial score (nSPS) is 11.2. The summed E-state index contributed by atoms with van der Waals surface area (Å²) in [5.74, 6) is 0. The molecule has 86 valence electrons. The van der Waals surface area contributed by atoms with Crippen molar-refractivity contribution in [1.29, 1.82) is 0 Å². The van der Waals surface area contributed by atoms with Crippen molar-refractivity contribution in [2.75, 3.05) is 13.6 Å². The van der Waals surface area contributed by atoms with E-state index >= 15 is 0 Å². The summed E-state index contributed by atoms with van der Waals surface area (Å²) in [7, 11) is 1.98. The van der Waals surface area contributed by atoms with Crippen molar-refractivity contribution in [3.63, 3.8) is 0 Å². The molecule has 2 nitrogen and oxygen atoms in total. The van der Waals surface area contributed by atoms with E-state index in [1.54, 1.807) is 0 Å². The van der Waals surface area contributed by atoms with Crippen molar-refractivity contribution >= 4 is 22.5 Å². The number of nitrogens with one attached hydrogen (secondary N) is 1. The van der Waals surface area contributed by atoms with Crippen LogP contribution in [0, 0.1) is 0 Å². The van der Waals surface area contributed by atoms with E-state index in [9.17, 15) is 0 Å². The molecule has 2 aromatic rings. The summed E-state index contributed by atoms with van der Waals surface area (Å²) >= 11 is 6.04. The molecule has 0 spiro atoms. The molecule has 1 heterocycles. The van der Waals surface area contributed by atoms with E-state index in [-0.39, 0.29) is 0 Å². The number of halogens is 1. The molecule has 0 aliphatic heterocycles. The van der Waals surface area contributed by atoms with E-state index in [1.165, 1.54) is 16.6 Å². The van der Waals surface area contributed by atoms with Gasteiger partial charge in [-0.1, -0.05) is 17.7 Å². The predicted molar refractivity (Wildman–Crippen MR) is 70.3 cm³/mol. The predicted octanol–water partition coefficient (Wildman–Crippen LogP) is 3.08.